The maximum absolute atomic E-state index is 12.7. The number of hydrogen-bond acceptors (Lipinski definition) is 6. The molecule has 2 aliphatic heterocycles. The van der Waals surface area contributed by atoms with E-state index in [0.29, 0.717) is 18.5 Å². The number of carbonyl (C=O) groups is 1. The Hall–Kier alpha value is -1.63. The topological polar surface area (TPSA) is 71.7 Å². The third-order valence-electron chi connectivity index (χ3n) is 5.47. The Kier molecular flexibility index (Phi) is 6.63. The van der Waals surface area contributed by atoms with Crippen molar-refractivity contribution in [3.05, 3.63) is 11.7 Å². The van der Waals surface area contributed by atoms with Gasteiger partial charge in [0.2, 0.25) is 5.89 Å². The highest BCUT2D eigenvalue weighted by atomic mass is 16.6. The minimum Gasteiger partial charge on any atom is -0.444 e. The quantitative estimate of drug-likeness (QED) is 0.754. The fourth-order valence-corrected chi connectivity index (χ4v) is 4.36. The fourth-order valence-electron chi connectivity index (χ4n) is 4.36. The first-order valence-corrected chi connectivity index (χ1v) is 10.8. The Morgan fingerprint density at radius 2 is 1.93 bits per heavy atom. The van der Waals surface area contributed by atoms with Crippen molar-refractivity contribution in [1.82, 2.24) is 19.9 Å². The molecule has 2 aliphatic rings. The monoisotopic (exact) mass is 392 g/mol. The van der Waals surface area contributed by atoms with E-state index in [-0.39, 0.29) is 12.1 Å². The molecule has 3 rings (SSSR count). The highest BCUT2D eigenvalue weighted by Gasteiger charge is 2.40. The van der Waals surface area contributed by atoms with Crippen LogP contribution in [-0.4, -0.2) is 56.8 Å². The lowest BCUT2D eigenvalue weighted by molar-refractivity contribution is 0.00600. The molecule has 0 radical (unpaired) electrons. The summed E-state index contributed by atoms with van der Waals surface area (Å²) in [6.07, 6.45) is 6.17. The Balaban J connectivity index is 1.68. The molecule has 0 bridgehead atoms. The van der Waals surface area contributed by atoms with Gasteiger partial charge in [0.15, 0.2) is 5.82 Å². The molecule has 2 saturated heterocycles. The highest BCUT2D eigenvalue weighted by molar-refractivity contribution is 5.69. The predicted molar refractivity (Wildman–Crippen MR) is 107 cm³/mol. The van der Waals surface area contributed by atoms with Crippen LogP contribution in [0.25, 0.3) is 0 Å². The van der Waals surface area contributed by atoms with Crippen LogP contribution < -0.4 is 0 Å². The zero-order valence-corrected chi connectivity index (χ0v) is 18.1. The second kappa shape index (κ2) is 8.80. The summed E-state index contributed by atoms with van der Waals surface area (Å²) in [5.74, 6) is 1.97. The van der Waals surface area contributed by atoms with Crippen LogP contribution in [-0.2, 0) is 17.7 Å². The van der Waals surface area contributed by atoms with Gasteiger partial charge in [-0.1, -0.05) is 25.4 Å². The molecule has 158 valence electrons. The second-order valence-electron chi connectivity index (χ2n) is 9.62. The van der Waals surface area contributed by atoms with Gasteiger partial charge in [-0.15, -0.1) is 0 Å². The fraction of sp³-hybridized carbons (Fsp3) is 0.857. The van der Waals surface area contributed by atoms with Crippen molar-refractivity contribution in [1.29, 1.82) is 0 Å². The van der Waals surface area contributed by atoms with Gasteiger partial charge in [-0.25, -0.2) is 4.79 Å². The van der Waals surface area contributed by atoms with Crippen LogP contribution >= 0.6 is 0 Å². The molecule has 0 saturated carbocycles. The average Bonchev–Trinajstić information content (AvgIpc) is 3.23. The van der Waals surface area contributed by atoms with E-state index in [9.17, 15) is 4.79 Å². The zero-order chi connectivity index (χ0) is 20.3. The molecule has 7 heteroatoms. The van der Waals surface area contributed by atoms with Crippen molar-refractivity contribution in [2.45, 2.75) is 97.4 Å². The molecule has 28 heavy (non-hydrogen) atoms. The van der Waals surface area contributed by atoms with E-state index < -0.39 is 5.60 Å². The molecule has 2 fully saturated rings. The predicted octanol–water partition coefficient (Wildman–Crippen LogP) is 4.02. The molecule has 1 amide bonds. The molecule has 0 aliphatic carbocycles. The first-order valence-electron chi connectivity index (χ1n) is 10.8. The number of hydrogen-bond donors (Lipinski definition) is 0. The van der Waals surface area contributed by atoms with Crippen LogP contribution in [0.2, 0.25) is 0 Å². The van der Waals surface area contributed by atoms with Gasteiger partial charge in [-0.3, -0.25) is 4.90 Å². The van der Waals surface area contributed by atoms with Crippen LogP contribution in [0.1, 0.15) is 78.4 Å². The second-order valence-corrected chi connectivity index (χ2v) is 9.62. The number of rotatable bonds is 5. The number of likely N-dealkylation sites (tertiary alicyclic amines) is 2. The van der Waals surface area contributed by atoms with E-state index in [1.807, 2.05) is 25.7 Å². The summed E-state index contributed by atoms with van der Waals surface area (Å²) < 4.78 is 11.1. The van der Waals surface area contributed by atoms with Gasteiger partial charge < -0.3 is 14.2 Å². The SMILES string of the molecule is CC(C)Cc1nc(CN2CCCC[C@H]2[C@H]2CCCN2C(=O)OC(C)(C)C)no1. The first kappa shape index (κ1) is 21.1. The summed E-state index contributed by atoms with van der Waals surface area (Å²) in [6.45, 7) is 12.5. The van der Waals surface area contributed by atoms with Gasteiger partial charge in [0, 0.05) is 19.0 Å². The number of ether oxygens (including phenoxy) is 1. The lowest BCUT2D eigenvalue weighted by Gasteiger charge is -2.41. The molecule has 0 unspecified atom stereocenters. The van der Waals surface area contributed by atoms with Gasteiger partial charge in [0.05, 0.1) is 12.6 Å². The molecule has 0 N–H and O–H groups in total. The molecule has 3 heterocycles. The van der Waals surface area contributed by atoms with Crippen molar-refractivity contribution in [3.8, 4) is 0 Å². The number of piperidine rings is 1. The first-order chi connectivity index (χ1) is 13.2. The molecule has 1 aromatic rings. The Labute approximate surface area is 168 Å². The van der Waals surface area contributed by atoms with Crippen LogP contribution in [0.4, 0.5) is 4.79 Å². The molecular formula is C21H36N4O3. The van der Waals surface area contributed by atoms with Crippen molar-refractivity contribution >= 4 is 6.09 Å². The van der Waals surface area contributed by atoms with E-state index in [4.69, 9.17) is 9.26 Å². The Morgan fingerprint density at radius 1 is 1.18 bits per heavy atom. The summed E-state index contributed by atoms with van der Waals surface area (Å²) in [5.41, 5.74) is -0.464. The maximum Gasteiger partial charge on any atom is 0.410 e. The van der Waals surface area contributed by atoms with Gasteiger partial charge >= 0.3 is 6.09 Å². The summed E-state index contributed by atoms with van der Waals surface area (Å²) in [6, 6.07) is 0.535. The van der Waals surface area contributed by atoms with Gasteiger partial charge in [-0.2, -0.15) is 4.98 Å². The van der Waals surface area contributed by atoms with Gasteiger partial charge in [0.1, 0.15) is 5.60 Å². The standard InChI is InChI=1S/C21H36N4O3/c1-15(2)13-19-22-18(23-28-19)14-24-11-7-6-9-16(24)17-10-8-12-25(17)20(26)27-21(3,4)5/h15-17H,6-14H2,1-5H3/t16-,17+/m0/s1. The Bertz CT molecular complexity index is 652. The largest absolute Gasteiger partial charge is 0.444 e. The van der Waals surface area contributed by atoms with Crippen molar-refractivity contribution in [2.24, 2.45) is 5.92 Å². The minimum absolute atomic E-state index is 0.181. The maximum atomic E-state index is 12.7. The lowest BCUT2D eigenvalue weighted by atomic mass is 9.94. The molecule has 0 spiro atoms. The minimum atomic E-state index is -0.464. The molecule has 7 nitrogen and oxygen atoms in total. The van der Waals surface area contributed by atoms with Crippen LogP contribution in [0.15, 0.2) is 4.52 Å². The third kappa shape index (κ3) is 5.46. The van der Waals surface area contributed by atoms with Crippen molar-refractivity contribution < 1.29 is 14.1 Å². The number of amides is 1. The van der Waals surface area contributed by atoms with Crippen LogP contribution in [0, 0.1) is 5.92 Å². The molecular weight excluding hydrogens is 356 g/mol. The number of carbonyl (C=O) groups excluding carboxylic acids is 1. The normalized spacial score (nSPS) is 24.1. The number of aromatic nitrogens is 2. The smallest absolute Gasteiger partial charge is 0.410 e. The highest BCUT2D eigenvalue weighted by Crippen LogP contribution is 2.31. The lowest BCUT2D eigenvalue weighted by Crippen LogP contribution is -2.53. The summed E-state index contributed by atoms with van der Waals surface area (Å²) >= 11 is 0. The van der Waals surface area contributed by atoms with E-state index in [1.54, 1.807) is 0 Å². The van der Waals surface area contributed by atoms with Crippen LogP contribution in [0.3, 0.4) is 0 Å². The molecule has 1 aromatic heterocycles. The summed E-state index contributed by atoms with van der Waals surface area (Å²) in [7, 11) is 0. The number of nitrogens with zero attached hydrogens (tertiary/aromatic N) is 4. The van der Waals surface area contributed by atoms with Gasteiger partial charge in [0.25, 0.3) is 0 Å². The van der Waals surface area contributed by atoms with E-state index in [0.717, 1.165) is 50.5 Å². The van der Waals surface area contributed by atoms with Crippen molar-refractivity contribution in [3.63, 3.8) is 0 Å². The Morgan fingerprint density at radius 3 is 2.64 bits per heavy atom. The zero-order valence-electron chi connectivity index (χ0n) is 18.1. The molecule has 2 atom stereocenters. The van der Waals surface area contributed by atoms with Crippen molar-refractivity contribution in [2.75, 3.05) is 13.1 Å². The van der Waals surface area contributed by atoms with E-state index in [1.165, 1.54) is 12.8 Å². The molecule has 0 aromatic carbocycles. The summed E-state index contributed by atoms with van der Waals surface area (Å²) in [5, 5.41) is 4.19. The van der Waals surface area contributed by atoms with E-state index in [2.05, 4.69) is 28.9 Å². The average molecular weight is 393 g/mol. The van der Waals surface area contributed by atoms with Crippen LogP contribution in [0.5, 0.6) is 0 Å². The third-order valence-corrected chi connectivity index (χ3v) is 5.47. The van der Waals surface area contributed by atoms with E-state index >= 15 is 0 Å². The van der Waals surface area contributed by atoms with Gasteiger partial charge in [-0.05, 0) is 58.9 Å². The summed E-state index contributed by atoms with van der Waals surface area (Å²) in [4.78, 5) is 21.7.